The van der Waals surface area contributed by atoms with Crippen molar-refractivity contribution in [1.82, 2.24) is 0 Å². The Balaban J connectivity index is 2.02. The van der Waals surface area contributed by atoms with Crippen LogP contribution < -0.4 is 4.31 Å². The maximum absolute atomic E-state index is 13.7. The van der Waals surface area contributed by atoms with E-state index in [1.54, 1.807) is 19.1 Å². The van der Waals surface area contributed by atoms with Crippen LogP contribution >= 0.6 is 11.3 Å². The average Bonchev–Trinajstić information content (AvgIpc) is 3.06. The molecular weight excluding hydrogens is 482 g/mol. The summed E-state index contributed by atoms with van der Waals surface area (Å²) in [6.07, 6.45) is -4.90. The fraction of sp³-hybridized carbons (Fsp3) is 0.318. The van der Waals surface area contributed by atoms with Crippen LogP contribution in [0, 0.1) is 12.7 Å². The molecule has 0 saturated carbocycles. The fourth-order valence-corrected chi connectivity index (χ4v) is 6.51. The molecule has 3 aromatic rings. The van der Waals surface area contributed by atoms with Crippen LogP contribution in [-0.4, -0.2) is 25.2 Å². The second kappa shape index (κ2) is 9.68. The van der Waals surface area contributed by atoms with E-state index in [4.69, 9.17) is 5.11 Å². The highest BCUT2D eigenvalue weighted by Gasteiger charge is 2.35. The van der Waals surface area contributed by atoms with E-state index in [2.05, 4.69) is 0 Å². The van der Waals surface area contributed by atoms with Crippen molar-refractivity contribution in [2.75, 3.05) is 10.1 Å². The van der Waals surface area contributed by atoms with Crippen molar-refractivity contribution in [3.05, 3.63) is 65.0 Å². The number of halogens is 4. The van der Waals surface area contributed by atoms with Crippen molar-refractivity contribution in [2.24, 2.45) is 0 Å². The average molecular weight is 504 g/mol. The van der Waals surface area contributed by atoms with Gasteiger partial charge in [-0.3, -0.25) is 9.10 Å². The standard InChI is InChI=1S/C22H21F4NO4S2/c1-14-16-6-2-3-7-19(16)32-21(14)27(33(30,31)11-5-4-8-20(28)29)13-15-9-10-18(23)17(12-15)22(24,25)26/h2-3,6-7,9-10,12H,4-5,8,11,13H2,1H3,(H,28,29). The highest BCUT2D eigenvalue weighted by molar-refractivity contribution is 7.93. The van der Waals surface area contributed by atoms with Gasteiger partial charge >= 0.3 is 12.1 Å². The lowest BCUT2D eigenvalue weighted by Gasteiger charge is -2.24. The van der Waals surface area contributed by atoms with Gasteiger partial charge in [-0.25, -0.2) is 12.8 Å². The number of carboxylic acid groups (broad SMARTS) is 1. The van der Waals surface area contributed by atoms with Gasteiger partial charge in [0.05, 0.1) is 17.9 Å². The molecular formula is C22H21F4NO4S2. The van der Waals surface area contributed by atoms with Gasteiger partial charge in [0.2, 0.25) is 10.0 Å². The molecule has 0 saturated heterocycles. The van der Waals surface area contributed by atoms with Gasteiger partial charge < -0.3 is 5.11 Å². The largest absolute Gasteiger partial charge is 0.481 e. The van der Waals surface area contributed by atoms with Crippen LogP contribution in [0.25, 0.3) is 10.1 Å². The molecule has 0 amide bonds. The minimum absolute atomic E-state index is 0.0188. The number of carboxylic acids is 1. The molecule has 0 aliphatic heterocycles. The van der Waals surface area contributed by atoms with E-state index in [1.807, 2.05) is 12.1 Å². The van der Waals surface area contributed by atoms with E-state index in [0.29, 0.717) is 22.7 Å². The van der Waals surface area contributed by atoms with Crippen LogP contribution in [0.3, 0.4) is 0 Å². The quantitative estimate of drug-likeness (QED) is 0.289. The van der Waals surface area contributed by atoms with E-state index in [-0.39, 0.29) is 30.6 Å². The third-order valence-electron chi connectivity index (χ3n) is 5.09. The number of nitrogens with zero attached hydrogens (tertiary/aromatic N) is 1. The molecule has 1 aromatic heterocycles. The Morgan fingerprint density at radius 3 is 2.45 bits per heavy atom. The van der Waals surface area contributed by atoms with E-state index < -0.39 is 40.1 Å². The predicted octanol–water partition coefficient (Wildman–Crippen LogP) is 5.96. The monoisotopic (exact) mass is 503 g/mol. The Morgan fingerprint density at radius 2 is 1.82 bits per heavy atom. The van der Waals surface area contributed by atoms with Crippen molar-refractivity contribution in [3.63, 3.8) is 0 Å². The van der Waals surface area contributed by atoms with Crippen LogP contribution in [0.2, 0.25) is 0 Å². The lowest BCUT2D eigenvalue weighted by Crippen LogP contribution is -2.32. The smallest absolute Gasteiger partial charge is 0.419 e. The molecule has 0 unspecified atom stereocenters. The van der Waals surface area contributed by atoms with Crippen molar-refractivity contribution < 1.29 is 35.9 Å². The number of anilines is 1. The van der Waals surface area contributed by atoms with Gasteiger partial charge in [0.1, 0.15) is 10.8 Å². The van der Waals surface area contributed by atoms with Gasteiger partial charge in [-0.15, -0.1) is 11.3 Å². The number of fused-ring (bicyclic) bond motifs is 1. The molecule has 1 heterocycles. The second-order valence-electron chi connectivity index (χ2n) is 7.51. The summed E-state index contributed by atoms with van der Waals surface area (Å²) >= 11 is 1.19. The molecule has 178 valence electrons. The molecule has 0 radical (unpaired) electrons. The fourth-order valence-electron chi connectivity index (χ4n) is 3.42. The summed E-state index contributed by atoms with van der Waals surface area (Å²) in [7, 11) is -4.02. The molecule has 0 aliphatic carbocycles. The molecule has 0 atom stereocenters. The third-order valence-corrected chi connectivity index (χ3v) is 8.29. The van der Waals surface area contributed by atoms with Crippen molar-refractivity contribution in [3.8, 4) is 0 Å². The predicted molar refractivity (Wildman–Crippen MR) is 119 cm³/mol. The normalized spacial score (nSPS) is 12.3. The number of benzene rings is 2. The van der Waals surface area contributed by atoms with Crippen LogP contribution in [0.4, 0.5) is 22.6 Å². The Labute approximate surface area is 192 Å². The van der Waals surface area contributed by atoms with E-state index >= 15 is 0 Å². The molecule has 0 aliphatic rings. The first-order valence-electron chi connectivity index (χ1n) is 9.96. The zero-order valence-electron chi connectivity index (χ0n) is 17.5. The lowest BCUT2D eigenvalue weighted by atomic mass is 10.1. The number of aliphatic carboxylic acids is 1. The third kappa shape index (κ3) is 5.83. The minimum Gasteiger partial charge on any atom is -0.481 e. The minimum atomic E-state index is -4.92. The molecule has 0 bridgehead atoms. The summed E-state index contributed by atoms with van der Waals surface area (Å²) in [5.74, 6) is -2.86. The van der Waals surface area contributed by atoms with Gasteiger partial charge in [-0.1, -0.05) is 24.3 Å². The molecule has 3 rings (SSSR count). The van der Waals surface area contributed by atoms with E-state index in [1.165, 1.54) is 11.3 Å². The summed E-state index contributed by atoms with van der Waals surface area (Å²) in [5, 5.41) is 9.95. The maximum Gasteiger partial charge on any atom is 0.419 e. The number of thiophene rings is 1. The van der Waals surface area contributed by atoms with Gasteiger partial charge in [-0.05, 0) is 54.5 Å². The first-order valence-corrected chi connectivity index (χ1v) is 12.4. The maximum atomic E-state index is 13.7. The number of hydrogen-bond acceptors (Lipinski definition) is 4. The number of aryl methyl sites for hydroxylation is 1. The first kappa shape index (κ1) is 25.0. The van der Waals surface area contributed by atoms with Gasteiger partial charge in [0, 0.05) is 11.1 Å². The Bertz CT molecular complexity index is 1270. The first-order chi connectivity index (χ1) is 15.4. The highest BCUT2D eigenvalue weighted by Crippen LogP contribution is 2.40. The van der Waals surface area contributed by atoms with Crippen LogP contribution in [0.1, 0.15) is 36.0 Å². The summed E-state index contributed by atoms with van der Waals surface area (Å²) in [5.41, 5.74) is -0.829. The van der Waals surface area contributed by atoms with E-state index in [9.17, 15) is 30.8 Å². The number of sulfonamides is 1. The molecule has 11 heteroatoms. The number of rotatable bonds is 9. The Morgan fingerprint density at radius 1 is 1.12 bits per heavy atom. The van der Waals surface area contributed by atoms with Gasteiger partial charge in [-0.2, -0.15) is 13.2 Å². The number of unbranched alkanes of at least 4 members (excludes halogenated alkanes) is 1. The number of carbonyl (C=O) groups is 1. The number of hydrogen-bond donors (Lipinski definition) is 1. The Hall–Kier alpha value is -2.66. The van der Waals surface area contributed by atoms with Crippen LogP contribution in [-0.2, 0) is 27.5 Å². The zero-order chi connectivity index (χ0) is 24.4. The van der Waals surface area contributed by atoms with Crippen molar-refractivity contribution in [2.45, 2.75) is 38.9 Å². The number of alkyl halides is 3. The molecule has 33 heavy (non-hydrogen) atoms. The molecule has 1 N–H and O–H groups in total. The SMILES string of the molecule is Cc1c(N(Cc2ccc(F)c(C(F)(F)F)c2)S(=O)(=O)CCCCC(=O)O)sc2ccccc12. The second-order valence-corrected chi connectivity index (χ2v) is 10.6. The van der Waals surface area contributed by atoms with Crippen molar-refractivity contribution >= 4 is 42.4 Å². The summed E-state index contributed by atoms with van der Waals surface area (Å²) in [6.45, 7) is 1.31. The van der Waals surface area contributed by atoms with Crippen LogP contribution in [0.5, 0.6) is 0 Å². The van der Waals surface area contributed by atoms with Gasteiger partial charge in [0.15, 0.2) is 0 Å². The molecule has 5 nitrogen and oxygen atoms in total. The molecule has 0 fully saturated rings. The summed E-state index contributed by atoms with van der Waals surface area (Å²) in [6, 6.07) is 9.64. The molecule has 0 spiro atoms. The molecule has 2 aromatic carbocycles. The zero-order valence-corrected chi connectivity index (χ0v) is 19.2. The lowest BCUT2D eigenvalue weighted by molar-refractivity contribution is -0.140. The Kier molecular flexibility index (Phi) is 7.32. The summed E-state index contributed by atoms with van der Waals surface area (Å²) in [4.78, 5) is 10.7. The topological polar surface area (TPSA) is 74.7 Å². The highest BCUT2D eigenvalue weighted by atomic mass is 32.2. The van der Waals surface area contributed by atoms with E-state index in [0.717, 1.165) is 20.5 Å². The van der Waals surface area contributed by atoms with Gasteiger partial charge in [0.25, 0.3) is 0 Å². The summed E-state index contributed by atoms with van der Waals surface area (Å²) < 4.78 is 81.6. The van der Waals surface area contributed by atoms with Crippen molar-refractivity contribution in [1.29, 1.82) is 0 Å². The van der Waals surface area contributed by atoms with Crippen LogP contribution in [0.15, 0.2) is 42.5 Å².